The topological polar surface area (TPSA) is 37.3 Å². The molecule has 0 saturated carbocycles. The fraction of sp³-hybridized carbons (Fsp3) is 0.889. The van der Waals surface area contributed by atoms with Crippen LogP contribution in [0.4, 0.5) is 0 Å². The summed E-state index contributed by atoms with van der Waals surface area (Å²) >= 11 is 0. The predicted octanol–water partition coefficient (Wildman–Crippen LogP) is 3.03. The van der Waals surface area contributed by atoms with Crippen LogP contribution in [0.5, 0.6) is 0 Å². The van der Waals surface area contributed by atoms with Crippen molar-refractivity contribution in [3.63, 3.8) is 0 Å². The standard InChI is InChI=1S/C9H16O2S2/c1-7-6-12-13-8(7)4-2-3-5-9(10)11/h7-8H,2-6H2,1H3,(H,10,11). The van der Waals surface area contributed by atoms with Crippen LogP contribution in [0, 0.1) is 5.92 Å². The molecule has 1 saturated heterocycles. The van der Waals surface area contributed by atoms with Gasteiger partial charge < -0.3 is 5.11 Å². The Morgan fingerprint density at radius 1 is 1.54 bits per heavy atom. The fourth-order valence-electron chi connectivity index (χ4n) is 1.39. The van der Waals surface area contributed by atoms with Gasteiger partial charge >= 0.3 is 5.97 Å². The molecule has 0 radical (unpaired) electrons. The fourth-order valence-corrected chi connectivity index (χ4v) is 5.02. The minimum atomic E-state index is -0.665. The maximum atomic E-state index is 10.3. The molecule has 0 spiro atoms. The molecule has 1 rings (SSSR count). The van der Waals surface area contributed by atoms with Gasteiger partial charge in [-0.2, -0.15) is 0 Å². The average Bonchev–Trinajstić information content (AvgIpc) is 2.45. The highest BCUT2D eigenvalue weighted by Gasteiger charge is 2.24. The number of hydrogen-bond donors (Lipinski definition) is 1. The third kappa shape index (κ3) is 4.27. The first-order chi connectivity index (χ1) is 6.20. The predicted molar refractivity (Wildman–Crippen MR) is 59.1 cm³/mol. The van der Waals surface area contributed by atoms with E-state index in [0.29, 0.717) is 6.42 Å². The summed E-state index contributed by atoms with van der Waals surface area (Å²) < 4.78 is 0. The molecule has 0 aromatic heterocycles. The second-order valence-electron chi connectivity index (χ2n) is 3.54. The van der Waals surface area contributed by atoms with Crippen LogP contribution in [0.25, 0.3) is 0 Å². The molecule has 2 nitrogen and oxygen atoms in total. The molecule has 0 aromatic carbocycles. The largest absolute Gasteiger partial charge is 0.481 e. The first-order valence-electron chi connectivity index (χ1n) is 4.70. The highest BCUT2D eigenvalue weighted by atomic mass is 33.1. The summed E-state index contributed by atoms with van der Waals surface area (Å²) in [7, 11) is 3.93. The number of aliphatic carboxylic acids is 1. The maximum absolute atomic E-state index is 10.3. The van der Waals surface area contributed by atoms with E-state index in [1.165, 1.54) is 12.2 Å². The van der Waals surface area contributed by atoms with E-state index in [1.807, 2.05) is 21.6 Å². The number of unbranched alkanes of at least 4 members (excludes halogenated alkanes) is 1. The normalized spacial score (nSPS) is 27.8. The summed E-state index contributed by atoms with van der Waals surface area (Å²) in [5.74, 6) is 1.40. The lowest BCUT2D eigenvalue weighted by Crippen LogP contribution is -2.10. The van der Waals surface area contributed by atoms with Gasteiger partial charge in [-0.15, -0.1) is 0 Å². The number of hydrogen-bond acceptors (Lipinski definition) is 3. The van der Waals surface area contributed by atoms with Gasteiger partial charge in [0.15, 0.2) is 0 Å². The Bertz CT molecular complexity index is 173. The van der Waals surface area contributed by atoms with Gasteiger partial charge in [0.2, 0.25) is 0 Å². The SMILES string of the molecule is CC1CSSC1CCCCC(=O)O. The van der Waals surface area contributed by atoms with Crippen LogP contribution in [0.1, 0.15) is 32.6 Å². The molecule has 1 N–H and O–H groups in total. The molecule has 2 unspecified atom stereocenters. The van der Waals surface area contributed by atoms with Crippen molar-refractivity contribution < 1.29 is 9.90 Å². The van der Waals surface area contributed by atoms with Crippen molar-refractivity contribution in [2.24, 2.45) is 5.92 Å². The molecular formula is C9H16O2S2. The Morgan fingerprint density at radius 2 is 2.31 bits per heavy atom. The average molecular weight is 220 g/mol. The van der Waals surface area contributed by atoms with E-state index < -0.39 is 5.97 Å². The molecule has 0 aromatic rings. The van der Waals surface area contributed by atoms with Crippen LogP contribution in [-0.4, -0.2) is 22.1 Å². The molecule has 1 fully saturated rings. The molecule has 1 aliphatic rings. The third-order valence-electron chi connectivity index (χ3n) is 2.29. The quantitative estimate of drug-likeness (QED) is 0.571. The van der Waals surface area contributed by atoms with Gasteiger partial charge in [-0.25, -0.2) is 0 Å². The van der Waals surface area contributed by atoms with Gasteiger partial charge in [-0.1, -0.05) is 34.9 Å². The van der Waals surface area contributed by atoms with E-state index in [2.05, 4.69) is 6.92 Å². The van der Waals surface area contributed by atoms with E-state index >= 15 is 0 Å². The molecule has 4 heteroatoms. The van der Waals surface area contributed by atoms with Gasteiger partial charge in [0, 0.05) is 17.4 Å². The maximum Gasteiger partial charge on any atom is 0.303 e. The summed E-state index contributed by atoms with van der Waals surface area (Å²) in [6, 6.07) is 0. The van der Waals surface area contributed by atoms with Crippen molar-refractivity contribution in [2.75, 3.05) is 5.75 Å². The summed E-state index contributed by atoms with van der Waals surface area (Å²) in [5, 5.41) is 9.21. The molecule has 0 amide bonds. The van der Waals surface area contributed by atoms with Gasteiger partial charge in [0.25, 0.3) is 0 Å². The number of carboxylic acid groups (broad SMARTS) is 1. The highest BCUT2D eigenvalue weighted by molar-refractivity contribution is 8.77. The second-order valence-corrected chi connectivity index (χ2v) is 6.19. The summed E-state index contributed by atoms with van der Waals surface area (Å²) in [4.78, 5) is 10.3. The Balaban J connectivity index is 2.02. The van der Waals surface area contributed by atoms with Crippen molar-refractivity contribution in [3.05, 3.63) is 0 Å². The summed E-state index contributed by atoms with van der Waals surface area (Å²) in [5.41, 5.74) is 0. The van der Waals surface area contributed by atoms with Crippen LogP contribution in [-0.2, 0) is 4.79 Å². The summed E-state index contributed by atoms with van der Waals surface area (Å²) in [6.45, 7) is 2.29. The minimum absolute atomic E-state index is 0.332. The van der Waals surface area contributed by atoms with E-state index in [-0.39, 0.29) is 0 Å². The van der Waals surface area contributed by atoms with E-state index in [0.717, 1.165) is 24.0 Å². The van der Waals surface area contributed by atoms with Gasteiger partial charge in [0.1, 0.15) is 0 Å². The van der Waals surface area contributed by atoms with E-state index in [9.17, 15) is 4.79 Å². The summed E-state index contributed by atoms with van der Waals surface area (Å²) in [6.07, 6.45) is 3.42. The van der Waals surface area contributed by atoms with Crippen molar-refractivity contribution in [3.8, 4) is 0 Å². The van der Waals surface area contributed by atoms with E-state index in [4.69, 9.17) is 5.11 Å². The molecule has 1 aliphatic heterocycles. The smallest absolute Gasteiger partial charge is 0.303 e. The lowest BCUT2D eigenvalue weighted by Gasteiger charge is -2.11. The van der Waals surface area contributed by atoms with Crippen molar-refractivity contribution in [1.82, 2.24) is 0 Å². The van der Waals surface area contributed by atoms with Gasteiger partial charge in [-0.3, -0.25) is 4.79 Å². The van der Waals surface area contributed by atoms with Crippen LogP contribution in [0.2, 0.25) is 0 Å². The molecule has 0 aliphatic carbocycles. The molecule has 76 valence electrons. The highest BCUT2D eigenvalue weighted by Crippen LogP contribution is 2.43. The van der Waals surface area contributed by atoms with Crippen LogP contribution < -0.4 is 0 Å². The first-order valence-corrected chi connectivity index (χ1v) is 7.08. The molecule has 2 atom stereocenters. The second kappa shape index (κ2) is 5.81. The zero-order chi connectivity index (χ0) is 9.68. The number of rotatable bonds is 5. The van der Waals surface area contributed by atoms with Crippen LogP contribution in [0.3, 0.4) is 0 Å². The third-order valence-corrected chi connectivity index (χ3v) is 5.59. The molecule has 13 heavy (non-hydrogen) atoms. The monoisotopic (exact) mass is 220 g/mol. The Morgan fingerprint density at radius 3 is 2.85 bits per heavy atom. The Hall–Kier alpha value is 0.170. The molecular weight excluding hydrogens is 204 g/mol. The zero-order valence-corrected chi connectivity index (χ0v) is 9.50. The lowest BCUT2D eigenvalue weighted by molar-refractivity contribution is -0.137. The van der Waals surface area contributed by atoms with E-state index in [1.54, 1.807) is 0 Å². The van der Waals surface area contributed by atoms with Gasteiger partial charge in [0.05, 0.1) is 0 Å². The minimum Gasteiger partial charge on any atom is -0.481 e. The van der Waals surface area contributed by atoms with Crippen LogP contribution >= 0.6 is 21.6 Å². The first kappa shape index (κ1) is 11.2. The Kier molecular flexibility index (Phi) is 5.02. The van der Waals surface area contributed by atoms with Crippen LogP contribution in [0.15, 0.2) is 0 Å². The number of carbonyl (C=O) groups is 1. The number of carboxylic acids is 1. The zero-order valence-electron chi connectivity index (χ0n) is 7.86. The molecule has 1 heterocycles. The molecule has 0 bridgehead atoms. The Labute approximate surface area is 87.3 Å². The van der Waals surface area contributed by atoms with Crippen molar-refractivity contribution >= 4 is 27.6 Å². The van der Waals surface area contributed by atoms with Gasteiger partial charge in [-0.05, 0) is 18.8 Å². The van der Waals surface area contributed by atoms with Crippen molar-refractivity contribution in [2.45, 2.75) is 37.9 Å². The van der Waals surface area contributed by atoms with Crippen molar-refractivity contribution in [1.29, 1.82) is 0 Å². The lowest BCUT2D eigenvalue weighted by atomic mass is 10.0.